The minimum absolute atomic E-state index is 0.000694. The number of ether oxygens (including phenoxy) is 1. The highest BCUT2D eigenvalue weighted by atomic mass is 19.3. The van der Waals surface area contributed by atoms with Crippen LogP contribution < -0.4 is 16.0 Å². The maximum atomic E-state index is 11.8. The molecule has 74 valence electrons. The number of nitrogens with one attached hydrogen (secondary N) is 1. The third-order valence-corrected chi connectivity index (χ3v) is 1.48. The number of rotatable bonds is 3. The summed E-state index contributed by atoms with van der Waals surface area (Å²) in [5, 5.41) is 8.61. The predicted molar refractivity (Wildman–Crippen MR) is 45.6 cm³/mol. The molecule has 0 atom stereocenters. The molecule has 14 heavy (non-hydrogen) atoms. The molecule has 0 amide bonds. The summed E-state index contributed by atoms with van der Waals surface area (Å²) >= 11 is 0. The molecule has 1 aromatic carbocycles. The number of halogens is 2. The van der Waals surface area contributed by atoms with Crippen molar-refractivity contribution in [3.8, 4) is 11.8 Å². The van der Waals surface area contributed by atoms with Crippen LogP contribution in [0.4, 0.5) is 14.5 Å². The van der Waals surface area contributed by atoms with Gasteiger partial charge in [0, 0.05) is 0 Å². The van der Waals surface area contributed by atoms with Crippen molar-refractivity contribution in [3.63, 3.8) is 0 Å². The van der Waals surface area contributed by atoms with Crippen LogP contribution in [0.1, 0.15) is 5.56 Å². The number of benzene rings is 1. The number of nitrogens with zero attached hydrogens (tertiary/aromatic N) is 1. The first-order chi connectivity index (χ1) is 6.67. The van der Waals surface area contributed by atoms with Crippen LogP contribution >= 0.6 is 0 Å². The summed E-state index contributed by atoms with van der Waals surface area (Å²) in [7, 11) is 0. The van der Waals surface area contributed by atoms with Gasteiger partial charge in [-0.05, 0) is 18.2 Å². The van der Waals surface area contributed by atoms with Gasteiger partial charge in [0.1, 0.15) is 11.8 Å². The van der Waals surface area contributed by atoms with Gasteiger partial charge < -0.3 is 10.2 Å². The van der Waals surface area contributed by atoms with Crippen LogP contribution in [0.25, 0.3) is 0 Å². The highest BCUT2D eigenvalue weighted by Crippen LogP contribution is 2.23. The maximum Gasteiger partial charge on any atom is 0.387 e. The molecular weight excluding hydrogens is 192 g/mol. The number of nitrogen functional groups attached to an aromatic ring is 1. The first-order valence-electron chi connectivity index (χ1n) is 3.63. The number of nitrogens with two attached hydrogens (primary N) is 1. The van der Waals surface area contributed by atoms with E-state index < -0.39 is 6.61 Å². The fourth-order valence-electron chi connectivity index (χ4n) is 0.906. The molecule has 0 aliphatic rings. The Bertz CT molecular complexity index is 362. The van der Waals surface area contributed by atoms with E-state index in [1.165, 1.54) is 18.2 Å². The second kappa shape index (κ2) is 4.39. The molecule has 0 bridgehead atoms. The summed E-state index contributed by atoms with van der Waals surface area (Å²) in [6, 6.07) is 5.72. The lowest BCUT2D eigenvalue weighted by Crippen LogP contribution is -2.08. The minimum Gasteiger partial charge on any atom is -0.433 e. The van der Waals surface area contributed by atoms with E-state index in [4.69, 9.17) is 11.1 Å². The van der Waals surface area contributed by atoms with Crippen molar-refractivity contribution in [1.29, 1.82) is 5.26 Å². The molecule has 0 radical (unpaired) electrons. The molecule has 0 fully saturated rings. The largest absolute Gasteiger partial charge is 0.433 e. The summed E-state index contributed by atoms with van der Waals surface area (Å²) < 4.78 is 27.8. The van der Waals surface area contributed by atoms with Gasteiger partial charge in [-0.3, -0.25) is 5.84 Å². The second-order valence-electron chi connectivity index (χ2n) is 2.35. The van der Waals surface area contributed by atoms with Crippen LogP contribution in [-0.2, 0) is 0 Å². The standard InChI is InChI=1S/C8H7F2N3O/c9-8(10)14-7-2-1-6(13-12)3-5(7)4-11/h1-3,8,13H,12H2. The van der Waals surface area contributed by atoms with Crippen molar-refractivity contribution < 1.29 is 13.5 Å². The van der Waals surface area contributed by atoms with Gasteiger partial charge in [-0.15, -0.1) is 0 Å². The lowest BCUT2D eigenvalue weighted by atomic mass is 10.2. The first kappa shape index (κ1) is 10.2. The molecule has 0 aliphatic heterocycles. The van der Waals surface area contributed by atoms with Crippen LogP contribution in [0, 0.1) is 11.3 Å². The van der Waals surface area contributed by atoms with Crippen LogP contribution in [0.2, 0.25) is 0 Å². The van der Waals surface area contributed by atoms with Gasteiger partial charge in [-0.25, -0.2) is 0 Å². The predicted octanol–water partition coefficient (Wildman–Crippen LogP) is 1.45. The number of hydrogen-bond donors (Lipinski definition) is 2. The second-order valence-corrected chi connectivity index (χ2v) is 2.35. The van der Waals surface area contributed by atoms with Gasteiger partial charge in [0.2, 0.25) is 0 Å². The average molecular weight is 199 g/mol. The van der Waals surface area contributed by atoms with Gasteiger partial charge in [0.15, 0.2) is 0 Å². The van der Waals surface area contributed by atoms with E-state index in [2.05, 4.69) is 10.2 Å². The zero-order valence-corrected chi connectivity index (χ0v) is 7.00. The Morgan fingerprint density at radius 3 is 2.71 bits per heavy atom. The Kier molecular flexibility index (Phi) is 3.20. The molecule has 0 saturated heterocycles. The van der Waals surface area contributed by atoms with Crippen LogP contribution in [0.3, 0.4) is 0 Å². The number of nitriles is 1. The van der Waals surface area contributed by atoms with E-state index in [0.29, 0.717) is 5.69 Å². The quantitative estimate of drug-likeness (QED) is 0.570. The number of anilines is 1. The molecule has 0 spiro atoms. The Balaban J connectivity index is 3.01. The molecule has 1 rings (SSSR count). The molecule has 4 nitrogen and oxygen atoms in total. The zero-order valence-electron chi connectivity index (χ0n) is 7.00. The molecule has 0 aromatic heterocycles. The number of hydrogen-bond acceptors (Lipinski definition) is 4. The topological polar surface area (TPSA) is 71.1 Å². The van der Waals surface area contributed by atoms with Gasteiger partial charge >= 0.3 is 6.61 Å². The Hall–Kier alpha value is -1.87. The fraction of sp³-hybridized carbons (Fsp3) is 0.125. The number of alkyl halides is 2. The Morgan fingerprint density at radius 2 is 2.21 bits per heavy atom. The van der Waals surface area contributed by atoms with Crippen molar-refractivity contribution in [1.82, 2.24) is 0 Å². The third kappa shape index (κ3) is 2.31. The van der Waals surface area contributed by atoms with Crippen molar-refractivity contribution in [3.05, 3.63) is 23.8 Å². The highest BCUT2D eigenvalue weighted by molar-refractivity contribution is 5.54. The van der Waals surface area contributed by atoms with Gasteiger partial charge in [-0.2, -0.15) is 14.0 Å². The average Bonchev–Trinajstić information content (AvgIpc) is 2.17. The molecule has 1 aromatic rings. The van der Waals surface area contributed by atoms with Crippen molar-refractivity contribution in [2.45, 2.75) is 6.61 Å². The Morgan fingerprint density at radius 1 is 1.50 bits per heavy atom. The highest BCUT2D eigenvalue weighted by Gasteiger charge is 2.09. The fourth-order valence-corrected chi connectivity index (χ4v) is 0.906. The van der Waals surface area contributed by atoms with Gasteiger partial charge in [-0.1, -0.05) is 0 Å². The van der Waals surface area contributed by atoms with Gasteiger partial charge in [0.25, 0.3) is 0 Å². The lowest BCUT2D eigenvalue weighted by molar-refractivity contribution is -0.0500. The molecular formula is C8H7F2N3O. The van der Waals surface area contributed by atoms with Crippen LogP contribution in [0.15, 0.2) is 18.2 Å². The zero-order chi connectivity index (χ0) is 10.6. The van der Waals surface area contributed by atoms with Crippen molar-refractivity contribution in [2.24, 2.45) is 5.84 Å². The van der Waals surface area contributed by atoms with Crippen molar-refractivity contribution in [2.75, 3.05) is 5.43 Å². The molecule has 6 heteroatoms. The smallest absolute Gasteiger partial charge is 0.387 e. The van der Waals surface area contributed by atoms with Crippen LogP contribution in [-0.4, -0.2) is 6.61 Å². The van der Waals surface area contributed by atoms with E-state index >= 15 is 0 Å². The summed E-state index contributed by atoms with van der Waals surface area (Å²) in [4.78, 5) is 0. The Labute approximate surface area is 78.9 Å². The van der Waals surface area contributed by atoms with Crippen molar-refractivity contribution >= 4 is 5.69 Å². The SMILES string of the molecule is N#Cc1cc(NN)ccc1OC(F)F. The third-order valence-electron chi connectivity index (χ3n) is 1.48. The molecule has 0 heterocycles. The van der Waals surface area contributed by atoms with E-state index in [-0.39, 0.29) is 11.3 Å². The summed E-state index contributed by atoms with van der Waals surface area (Å²) in [5.74, 6) is 4.91. The maximum absolute atomic E-state index is 11.8. The normalized spacial score (nSPS) is 9.64. The monoisotopic (exact) mass is 199 g/mol. The summed E-state index contributed by atoms with van der Waals surface area (Å²) in [6.45, 7) is -2.95. The van der Waals surface area contributed by atoms with E-state index in [9.17, 15) is 8.78 Å². The molecule has 3 N–H and O–H groups in total. The lowest BCUT2D eigenvalue weighted by Gasteiger charge is -2.07. The van der Waals surface area contributed by atoms with Gasteiger partial charge in [0.05, 0.1) is 11.3 Å². The van der Waals surface area contributed by atoms with E-state index in [1.54, 1.807) is 6.07 Å². The first-order valence-corrected chi connectivity index (χ1v) is 3.63. The molecule has 0 aliphatic carbocycles. The van der Waals surface area contributed by atoms with Crippen LogP contribution in [0.5, 0.6) is 5.75 Å². The molecule has 0 unspecified atom stereocenters. The van der Waals surface area contributed by atoms with E-state index in [1.807, 2.05) is 0 Å². The summed E-state index contributed by atoms with van der Waals surface area (Å²) in [5.41, 5.74) is 2.74. The number of hydrazine groups is 1. The minimum atomic E-state index is -2.95. The van der Waals surface area contributed by atoms with E-state index in [0.717, 1.165) is 0 Å². The molecule has 0 saturated carbocycles. The summed E-state index contributed by atoms with van der Waals surface area (Å²) in [6.07, 6.45) is 0.